The van der Waals surface area contributed by atoms with Crippen molar-refractivity contribution < 1.29 is 67.5 Å². The largest absolute Gasteiger partial charge is 0.436 e. The van der Waals surface area contributed by atoms with Crippen molar-refractivity contribution in [3.63, 3.8) is 0 Å². The van der Waals surface area contributed by atoms with Crippen LogP contribution < -0.4 is 21.3 Å². The van der Waals surface area contributed by atoms with Gasteiger partial charge in [0.1, 0.15) is 86.4 Å². The zero-order chi connectivity index (χ0) is 90.0. The average Bonchev–Trinajstić information content (AvgIpc) is 1.61. The Labute approximate surface area is 709 Å². The molecule has 0 bridgehead atoms. The van der Waals surface area contributed by atoms with Crippen molar-refractivity contribution in [1.29, 1.82) is 0 Å². The number of aromatic nitrogens is 23. The second-order valence-corrected chi connectivity index (χ2v) is 31.9. The van der Waals surface area contributed by atoms with Crippen LogP contribution in [0.3, 0.4) is 0 Å². The van der Waals surface area contributed by atoms with E-state index in [0.29, 0.717) is 85.2 Å². The van der Waals surface area contributed by atoms with E-state index >= 15 is 0 Å². The number of amides is 4. The van der Waals surface area contributed by atoms with Crippen LogP contribution in [0.2, 0.25) is 0 Å². The number of benzene rings is 4. The highest BCUT2D eigenvalue weighted by Gasteiger charge is 2.47. The molecule has 16 aromatic rings. The number of pyridine rings is 4. The summed E-state index contributed by atoms with van der Waals surface area (Å²) >= 11 is 0. The van der Waals surface area contributed by atoms with Crippen LogP contribution >= 0.6 is 0 Å². The van der Waals surface area contributed by atoms with Gasteiger partial charge in [0.2, 0.25) is 41.1 Å². The van der Waals surface area contributed by atoms with Crippen molar-refractivity contribution in [2.45, 2.75) is 130 Å². The molecule has 0 aliphatic carbocycles. The van der Waals surface area contributed by atoms with E-state index in [1.54, 1.807) is 109 Å². The minimum absolute atomic E-state index is 0.0867. The quantitative estimate of drug-likeness (QED) is 0.0779. The van der Waals surface area contributed by atoms with Gasteiger partial charge in [-0.2, -0.15) is 33.6 Å². The number of rotatable bonds is 13. The first-order chi connectivity index (χ1) is 60.3. The van der Waals surface area contributed by atoms with E-state index in [9.17, 15) is 67.5 Å². The van der Waals surface area contributed by atoms with Crippen molar-refractivity contribution in [2.75, 3.05) is 21.3 Å². The number of fused-ring (bicyclic) bond motifs is 8. The van der Waals surface area contributed by atoms with Crippen LogP contribution in [0.15, 0.2) is 134 Å². The first kappa shape index (κ1) is 83.8. The summed E-state index contributed by atoms with van der Waals surface area (Å²) in [6, 6.07) is 29.1. The monoisotopic (exact) mass is 1740 g/mol. The summed E-state index contributed by atoms with van der Waals surface area (Å²) in [5, 5.41) is 54.1. The van der Waals surface area contributed by atoms with E-state index in [1.807, 2.05) is 20.8 Å². The van der Waals surface area contributed by atoms with Gasteiger partial charge in [-0.25, -0.2) is 98.7 Å². The Morgan fingerprint density at radius 3 is 1.03 bits per heavy atom. The van der Waals surface area contributed by atoms with E-state index in [4.69, 9.17) is 0 Å². The molecule has 12 aromatic heterocycles. The van der Waals surface area contributed by atoms with Gasteiger partial charge in [-0.3, -0.25) is 19.2 Å². The van der Waals surface area contributed by atoms with Gasteiger partial charge in [0.15, 0.2) is 57.4 Å². The lowest BCUT2D eigenvalue weighted by atomic mass is 9.85. The van der Waals surface area contributed by atoms with E-state index in [-0.39, 0.29) is 153 Å². The Morgan fingerprint density at radius 2 is 0.669 bits per heavy atom. The normalized spacial score (nSPS) is 14.7. The topological polar surface area (TPSA) is 381 Å². The van der Waals surface area contributed by atoms with Crippen molar-refractivity contribution in [1.82, 2.24) is 115 Å². The summed E-state index contributed by atoms with van der Waals surface area (Å²) in [5.74, 6) is -4.53. The van der Waals surface area contributed by atoms with Crippen molar-refractivity contribution in [3.05, 3.63) is 242 Å². The number of nitrogens with one attached hydrogen (secondary N) is 4. The molecule has 0 saturated heterocycles. The fraction of sp³-hybridized carbons (Fsp3) is 0.235. The molecular formula is C85H66F11N27O4. The fourth-order valence-electron chi connectivity index (χ4n) is 14.7. The smallest absolute Gasteiger partial charge is 0.310 e. The van der Waals surface area contributed by atoms with Crippen molar-refractivity contribution in [2.24, 2.45) is 0 Å². The van der Waals surface area contributed by atoms with Crippen LogP contribution in [0.25, 0.3) is 90.2 Å². The van der Waals surface area contributed by atoms with E-state index in [1.165, 1.54) is 68.6 Å². The van der Waals surface area contributed by atoms with Crippen LogP contribution in [0.5, 0.6) is 0 Å². The number of halogens is 11. The van der Waals surface area contributed by atoms with Gasteiger partial charge >= 0.3 is 6.18 Å². The van der Waals surface area contributed by atoms with Crippen LogP contribution in [0, 0.1) is 53.5 Å². The van der Waals surface area contributed by atoms with Gasteiger partial charge in [0.25, 0.3) is 0 Å². The molecule has 0 unspecified atom stereocenters. The van der Waals surface area contributed by atoms with Crippen LogP contribution in [0.4, 0.5) is 71.6 Å². The molecule has 0 fully saturated rings. The number of carbonyl (C=O) groups excluding carboxylic acids is 4. The molecule has 0 spiro atoms. The van der Waals surface area contributed by atoms with Gasteiger partial charge in [-0.15, -0.1) is 30.6 Å². The third-order valence-corrected chi connectivity index (χ3v) is 21.8. The second kappa shape index (κ2) is 31.4. The van der Waals surface area contributed by atoms with Gasteiger partial charge in [0, 0.05) is 27.8 Å². The molecule has 4 aliphatic heterocycles. The first-order valence-electron chi connectivity index (χ1n) is 39.0. The molecule has 0 atom stereocenters. The molecular weight excluding hydrogens is 1670 g/mol. The molecule has 4 aliphatic rings. The highest BCUT2D eigenvalue weighted by Crippen LogP contribution is 2.44. The maximum atomic E-state index is 14.4. The summed E-state index contributed by atoms with van der Waals surface area (Å²) < 4.78 is 159. The van der Waals surface area contributed by atoms with Gasteiger partial charge in [-0.1, -0.05) is 79.7 Å². The summed E-state index contributed by atoms with van der Waals surface area (Å²) in [7, 11) is 0. The third-order valence-electron chi connectivity index (χ3n) is 21.8. The third kappa shape index (κ3) is 15.1. The van der Waals surface area contributed by atoms with Crippen LogP contribution in [-0.4, -0.2) is 138 Å². The summed E-state index contributed by atoms with van der Waals surface area (Å²) in [6.07, 6.45) is -2.32. The van der Waals surface area contributed by atoms with Crippen LogP contribution in [-0.2, 0) is 79.6 Å². The SMILES string of the molecule is CC1(C)C(=O)Nc2nc(-c3nn(Cc4ccccc4F)c4nc(C(F)(F)F)c(F)cc34)nnc21.CC1(C)C(=O)Nc2nc(-c3nn(Cc4ccccc4F)c4ncc(F)cc34)nnc21.CCc1nc(-c2nn(Cc3ccccc3F)c3ncc(F)cc23)nc2c1C(C)(C)C(=O)N2.Cc1nc2c(cc1F)c(-c1nnc3c(n1)NC(=O)C3(C)C)nn2Cc1ccccc1F. The van der Waals surface area contributed by atoms with Gasteiger partial charge in [-0.05, 0) is 117 Å². The molecule has 4 N–H and O–H groups in total. The van der Waals surface area contributed by atoms with Crippen molar-refractivity contribution >= 4 is 91.0 Å². The lowest BCUT2D eigenvalue weighted by Crippen LogP contribution is -2.27. The zero-order valence-electron chi connectivity index (χ0n) is 68.3. The number of carbonyl (C=O) groups is 4. The lowest BCUT2D eigenvalue weighted by molar-refractivity contribution is -0.143. The first-order valence-corrected chi connectivity index (χ1v) is 39.0. The predicted octanol–water partition coefficient (Wildman–Crippen LogP) is 13.9. The zero-order valence-corrected chi connectivity index (χ0v) is 68.3. The molecule has 31 nitrogen and oxygen atoms in total. The molecule has 16 heterocycles. The number of nitrogens with zero attached hydrogens (tertiary/aromatic N) is 23. The van der Waals surface area contributed by atoms with Gasteiger partial charge in [0.05, 0.1) is 93.2 Å². The Hall–Kier alpha value is -15.4. The standard InChI is InChI=1S/C23H20F2N6O.C21H14F5N7O.C21H17F2N7O.C20H15F2N7O/c1-4-16-17-19(29-22(32)23(17,2)3)28-20(27-16)18-14-9-13(24)10-26-21(14)31(30-18)11-12-7-5-6-8-15(12)25;1-20(2)15-17(29-19(20)34)28-16(31-30-15)13-10-7-12(23)14(21(24,25)26)27-18(10)33(32-13)8-9-5-3-4-6-11(9)22;1-10-14(23)8-12-15(17-25-18-16(27-28-17)21(2,3)20(31)26-18)29-30(19(12)24-10)9-11-6-4-5-7-13(11)22;1-20(2)15-17(25-19(20)30)24-16(27-26-15)14-12-7-11(21)8-23-18(12)29(28-14)9-10-5-3-4-6-13(10)22/h5-10H,4,11H2,1-3H3,(H,27,28,29,32);3-7H,8H2,1-2H3,(H,28,29,31,34);4-8H,9H2,1-3H3,(H,25,26,28,31);3-8H,9H2,1-2H3,(H,24,25,27,30). The molecule has 4 aromatic carbocycles. The second-order valence-electron chi connectivity index (χ2n) is 31.9. The molecule has 642 valence electrons. The molecule has 0 radical (unpaired) electrons. The molecule has 0 saturated carbocycles. The van der Waals surface area contributed by atoms with E-state index in [0.717, 1.165) is 28.3 Å². The van der Waals surface area contributed by atoms with Crippen LogP contribution in [0.1, 0.15) is 124 Å². The van der Waals surface area contributed by atoms with E-state index in [2.05, 4.69) is 117 Å². The van der Waals surface area contributed by atoms with Crippen molar-refractivity contribution in [3.8, 4) is 46.1 Å². The minimum atomic E-state index is -5.06. The Kier molecular flexibility index (Phi) is 20.7. The molecule has 4 amide bonds. The highest BCUT2D eigenvalue weighted by atomic mass is 19.4. The summed E-state index contributed by atoms with van der Waals surface area (Å²) in [4.78, 5) is 87.3. The number of hydrogen-bond donors (Lipinski definition) is 4. The number of alkyl halides is 3. The highest BCUT2D eigenvalue weighted by molar-refractivity contribution is 6.07. The number of aryl methyl sites for hydroxylation is 2. The van der Waals surface area contributed by atoms with E-state index < -0.39 is 62.6 Å². The maximum absolute atomic E-state index is 14.4. The fourth-order valence-corrected chi connectivity index (χ4v) is 14.7. The minimum Gasteiger partial charge on any atom is -0.310 e. The lowest BCUT2D eigenvalue weighted by Gasteiger charge is -2.17. The Bertz CT molecular complexity index is 7290. The predicted molar refractivity (Wildman–Crippen MR) is 435 cm³/mol. The average molecular weight is 1740 g/mol. The molecule has 127 heavy (non-hydrogen) atoms. The maximum Gasteiger partial charge on any atom is 0.436 e. The number of anilines is 4. The molecule has 20 rings (SSSR count). The summed E-state index contributed by atoms with van der Waals surface area (Å²) in [5.41, 5.74) is 0.403. The Morgan fingerprint density at radius 1 is 0.354 bits per heavy atom. The Balaban J connectivity index is 0.000000119. The van der Waals surface area contributed by atoms with Gasteiger partial charge < -0.3 is 21.3 Å². The number of hydrogen-bond acceptors (Lipinski definition) is 23. The molecule has 42 heteroatoms. The summed E-state index contributed by atoms with van der Waals surface area (Å²) in [6.45, 7) is 17.3.